The predicted molar refractivity (Wildman–Crippen MR) is 77.9 cm³/mol. The molecule has 1 saturated heterocycles. The van der Waals surface area contributed by atoms with Crippen molar-refractivity contribution in [3.63, 3.8) is 0 Å². The number of benzene rings is 1. The van der Waals surface area contributed by atoms with Crippen LogP contribution >= 0.6 is 0 Å². The molecule has 1 heterocycles. The lowest BCUT2D eigenvalue weighted by molar-refractivity contribution is -0.124. The summed E-state index contributed by atoms with van der Waals surface area (Å²) in [6.07, 6.45) is 5.43. The van der Waals surface area contributed by atoms with Crippen molar-refractivity contribution in [1.29, 1.82) is 0 Å². The Morgan fingerprint density at radius 3 is 2.84 bits per heavy atom. The number of amides is 1. The van der Waals surface area contributed by atoms with Crippen molar-refractivity contribution >= 4 is 5.91 Å². The van der Waals surface area contributed by atoms with E-state index >= 15 is 0 Å². The molecule has 0 aromatic heterocycles. The molecule has 1 aliphatic heterocycles. The van der Waals surface area contributed by atoms with E-state index in [-0.39, 0.29) is 18.0 Å². The van der Waals surface area contributed by atoms with Crippen molar-refractivity contribution in [3.05, 3.63) is 35.9 Å². The summed E-state index contributed by atoms with van der Waals surface area (Å²) in [4.78, 5) is 12.3. The Morgan fingerprint density at radius 1 is 1.32 bits per heavy atom. The van der Waals surface area contributed by atoms with Gasteiger partial charge in [-0.05, 0) is 31.4 Å². The molecule has 0 bridgehead atoms. The Balaban J connectivity index is 1.96. The van der Waals surface area contributed by atoms with Gasteiger partial charge in [0, 0.05) is 0 Å². The second-order valence-corrected chi connectivity index (χ2v) is 5.24. The minimum absolute atomic E-state index is 0.0136. The molecule has 1 fully saturated rings. The van der Waals surface area contributed by atoms with Crippen LogP contribution in [-0.4, -0.2) is 18.5 Å². The SMILES string of the molecule is CCC(NC(=O)C1CCCCCN1)c1ccccc1. The van der Waals surface area contributed by atoms with E-state index in [2.05, 4.69) is 29.7 Å². The molecule has 1 aromatic rings. The lowest BCUT2D eigenvalue weighted by atomic mass is 10.0. The van der Waals surface area contributed by atoms with Gasteiger partial charge in [0.1, 0.15) is 0 Å². The Labute approximate surface area is 115 Å². The first-order chi connectivity index (χ1) is 9.31. The molecule has 0 spiro atoms. The number of rotatable bonds is 4. The average molecular weight is 260 g/mol. The molecule has 2 rings (SSSR count). The van der Waals surface area contributed by atoms with E-state index in [4.69, 9.17) is 0 Å². The smallest absolute Gasteiger partial charge is 0.237 e. The molecule has 104 valence electrons. The summed E-state index contributed by atoms with van der Waals surface area (Å²) in [6.45, 7) is 3.07. The van der Waals surface area contributed by atoms with Crippen LogP contribution in [0.4, 0.5) is 0 Å². The molecule has 3 nitrogen and oxygen atoms in total. The van der Waals surface area contributed by atoms with Crippen molar-refractivity contribution in [2.75, 3.05) is 6.54 Å². The first kappa shape index (κ1) is 14.1. The zero-order valence-corrected chi connectivity index (χ0v) is 11.7. The van der Waals surface area contributed by atoms with Crippen LogP contribution in [0.5, 0.6) is 0 Å². The average Bonchev–Trinajstić information content (AvgIpc) is 2.74. The highest BCUT2D eigenvalue weighted by molar-refractivity contribution is 5.82. The molecule has 2 N–H and O–H groups in total. The maximum Gasteiger partial charge on any atom is 0.237 e. The monoisotopic (exact) mass is 260 g/mol. The third kappa shape index (κ3) is 4.06. The van der Waals surface area contributed by atoms with Gasteiger partial charge in [-0.15, -0.1) is 0 Å². The van der Waals surface area contributed by atoms with Crippen molar-refractivity contribution < 1.29 is 4.79 Å². The molecule has 1 aliphatic rings. The van der Waals surface area contributed by atoms with Crippen LogP contribution < -0.4 is 10.6 Å². The number of hydrogen-bond acceptors (Lipinski definition) is 2. The summed E-state index contributed by atoms with van der Waals surface area (Å²) >= 11 is 0. The Morgan fingerprint density at radius 2 is 2.11 bits per heavy atom. The number of hydrogen-bond donors (Lipinski definition) is 2. The second kappa shape index (κ2) is 7.29. The molecule has 1 amide bonds. The van der Waals surface area contributed by atoms with E-state index < -0.39 is 0 Å². The van der Waals surface area contributed by atoms with E-state index in [0.717, 1.165) is 25.8 Å². The molecule has 19 heavy (non-hydrogen) atoms. The normalized spacial score (nSPS) is 21.4. The highest BCUT2D eigenvalue weighted by Crippen LogP contribution is 2.17. The van der Waals surface area contributed by atoms with Gasteiger partial charge in [0.05, 0.1) is 12.1 Å². The molecule has 1 aromatic carbocycles. The first-order valence-corrected chi connectivity index (χ1v) is 7.40. The Hall–Kier alpha value is -1.35. The summed E-state index contributed by atoms with van der Waals surface area (Å²) in [5.41, 5.74) is 1.19. The van der Waals surface area contributed by atoms with Crippen LogP contribution in [0.2, 0.25) is 0 Å². The maximum absolute atomic E-state index is 12.3. The van der Waals surface area contributed by atoms with Gasteiger partial charge >= 0.3 is 0 Å². The van der Waals surface area contributed by atoms with Crippen LogP contribution in [0, 0.1) is 0 Å². The fourth-order valence-corrected chi connectivity index (χ4v) is 2.63. The van der Waals surface area contributed by atoms with Gasteiger partial charge in [0.25, 0.3) is 0 Å². The van der Waals surface area contributed by atoms with Gasteiger partial charge in [-0.1, -0.05) is 50.1 Å². The first-order valence-electron chi connectivity index (χ1n) is 7.40. The Bertz CT molecular complexity index is 383. The quantitative estimate of drug-likeness (QED) is 0.874. The van der Waals surface area contributed by atoms with E-state index in [1.165, 1.54) is 18.4 Å². The van der Waals surface area contributed by atoms with Gasteiger partial charge in [-0.2, -0.15) is 0 Å². The van der Waals surface area contributed by atoms with E-state index in [1.54, 1.807) is 0 Å². The second-order valence-electron chi connectivity index (χ2n) is 5.24. The third-order valence-electron chi connectivity index (χ3n) is 3.80. The van der Waals surface area contributed by atoms with Crippen molar-refractivity contribution in [2.24, 2.45) is 0 Å². The summed E-state index contributed by atoms with van der Waals surface area (Å²) < 4.78 is 0. The fourth-order valence-electron chi connectivity index (χ4n) is 2.63. The third-order valence-corrected chi connectivity index (χ3v) is 3.80. The number of carbonyl (C=O) groups excluding carboxylic acids is 1. The van der Waals surface area contributed by atoms with Gasteiger partial charge < -0.3 is 10.6 Å². The number of nitrogens with one attached hydrogen (secondary N) is 2. The molecule has 0 aliphatic carbocycles. The molecule has 2 atom stereocenters. The van der Waals surface area contributed by atoms with Gasteiger partial charge in [-0.3, -0.25) is 4.79 Å². The zero-order valence-electron chi connectivity index (χ0n) is 11.7. The summed E-state index contributed by atoms with van der Waals surface area (Å²) in [6, 6.07) is 10.3. The molecular weight excluding hydrogens is 236 g/mol. The van der Waals surface area contributed by atoms with Crippen molar-refractivity contribution in [2.45, 2.75) is 51.1 Å². The lowest BCUT2D eigenvalue weighted by Gasteiger charge is -2.22. The molecule has 2 unspecified atom stereocenters. The van der Waals surface area contributed by atoms with Crippen LogP contribution in [0.15, 0.2) is 30.3 Å². The minimum atomic E-state index is -0.0136. The minimum Gasteiger partial charge on any atom is -0.348 e. The molecular formula is C16H24N2O. The van der Waals surface area contributed by atoms with E-state index in [1.807, 2.05) is 18.2 Å². The van der Waals surface area contributed by atoms with Crippen LogP contribution in [0.25, 0.3) is 0 Å². The molecule has 0 radical (unpaired) electrons. The van der Waals surface area contributed by atoms with E-state index in [0.29, 0.717) is 0 Å². The van der Waals surface area contributed by atoms with Crippen molar-refractivity contribution in [3.8, 4) is 0 Å². The standard InChI is InChI=1S/C16H24N2O/c1-2-14(13-9-5-3-6-10-13)18-16(19)15-11-7-4-8-12-17-15/h3,5-6,9-10,14-15,17H,2,4,7-8,11-12H2,1H3,(H,18,19). The van der Waals surface area contributed by atoms with E-state index in [9.17, 15) is 4.79 Å². The highest BCUT2D eigenvalue weighted by Gasteiger charge is 2.21. The highest BCUT2D eigenvalue weighted by atomic mass is 16.2. The van der Waals surface area contributed by atoms with Gasteiger partial charge in [0.15, 0.2) is 0 Å². The van der Waals surface area contributed by atoms with Crippen LogP contribution in [0.1, 0.15) is 50.6 Å². The number of carbonyl (C=O) groups is 1. The summed E-state index contributed by atoms with van der Waals surface area (Å²) in [5.74, 6) is 0.151. The largest absolute Gasteiger partial charge is 0.348 e. The van der Waals surface area contributed by atoms with Gasteiger partial charge in [-0.25, -0.2) is 0 Å². The zero-order chi connectivity index (χ0) is 13.5. The maximum atomic E-state index is 12.3. The topological polar surface area (TPSA) is 41.1 Å². The fraction of sp³-hybridized carbons (Fsp3) is 0.562. The van der Waals surface area contributed by atoms with Crippen LogP contribution in [-0.2, 0) is 4.79 Å². The molecule has 0 saturated carbocycles. The van der Waals surface area contributed by atoms with Crippen molar-refractivity contribution in [1.82, 2.24) is 10.6 Å². The Kier molecular flexibility index (Phi) is 5.40. The summed E-state index contributed by atoms with van der Waals surface area (Å²) in [5, 5.41) is 6.53. The van der Waals surface area contributed by atoms with Crippen LogP contribution in [0.3, 0.4) is 0 Å². The summed E-state index contributed by atoms with van der Waals surface area (Å²) in [7, 11) is 0. The predicted octanol–water partition coefficient (Wildman–Crippen LogP) is 2.79. The lowest BCUT2D eigenvalue weighted by Crippen LogP contribution is -2.44. The van der Waals surface area contributed by atoms with Gasteiger partial charge in [0.2, 0.25) is 5.91 Å². The molecule has 3 heteroatoms.